The summed E-state index contributed by atoms with van der Waals surface area (Å²) in [6.45, 7) is 4.74. The van der Waals surface area contributed by atoms with E-state index in [4.69, 9.17) is 0 Å². The van der Waals surface area contributed by atoms with Crippen LogP contribution in [0.25, 0.3) is 0 Å². The first-order valence-corrected chi connectivity index (χ1v) is 9.00. The highest BCUT2D eigenvalue weighted by Crippen LogP contribution is 2.18. The van der Waals surface area contributed by atoms with Crippen molar-refractivity contribution in [3.05, 3.63) is 70.8 Å². The average molecular weight is 338 g/mol. The molecule has 0 aromatic heterocycles. The molecule has 132 valence electrons. The van der Waals surface area contributed by atoms with Crippen LogP contribution in [0.2, 0.25) is 0 Å². The van der Waals surface area contributed by atoms with Crippen LogP contribution >= 0.6 is 0 Å². The zero-order chi connectivity index (χ0) is 17.6. The van der Waals surface area contributed by atoms with E-state index >= 15 is 0 Å². The van der Waals surface area contributed by atoms with E-state index in [2.05, 4.69) is 41.4 Å². The minimum absolute atomic E-state index is 0.134. The molecule has 0 radical (unpaired) electrons. The number of nitrogens with zero attached hydrogens (tertiary/aromatic N) is 1. The summed E-state index contributed by atoms with van der Waals surface area (Å²) in [6, 6.07) is 16.1. The van der Waals surface area contributed by atoms with Gasteiger partial charge in [-0.05, 0) is 41.7 Å². The summed E-state index contributed by atoms with van der Waals surface area (Å²) >= 11 is 0. The smallest absolute Gasteiger partial charge is 0.251 e. The zero-order valence-corrected chi connectivity index (χ0v) is 14.7. The van der Waals surface area contributed by atoms with Gasteiger partial charge >= 0.3 is 0 Å². The summed E-state index contributed by atoms with van der Waals surface area (Å²) in [5.41, 5.74) is 4.58. The molecule has 1 amide bonds. The lowest BCUT2D eigenvalue weighted by Gasteiger charge is -2.30. The number of amides is 1. The lowest BCUT2D eigenvalue weighted by Crippen LogP contribution is -2.42. The third-order valence-electron chi connectivity index (χ3n) is 4.80. The van der Waals surface area contributed by atoms with E-state index < -0.39 is 6.10 Å². The SMILES string of the molecule is CCc1ccc(C(=O)NCC(O)CN2CCc3ccccc3C2)cc1. The van der Waals surface area contributed by atoms with Crippen LogP contribution in [-0.2, 0) is 19.4 Å². The van der Waals surface area contributed by atoms with Gasteiger partial charge < -0.3 is 10.4 Å². The molecule has 1 aliphatic heterocycles. The number of benzene rings is 2. The molecule has 0 fully saturated rings. The van der Waals surface area contributed by atoms with Crippen molar-refractivity contribution < 1.29 is 9.90 Å². The quantitative estimate of drug-likeness (QED) is 0.850. The van der Waals surface area contributed by atoms with Crippen molar-refractivity contribution in [3.8, 4) is 0 Å². The average Bonchev–Trinajstić information content (AvgIpc) is 2.66. The van der Waals surface area contributed by atoms with Gasteiger partial charge in [-0.2, -0.15) is 0 Å². The van der Waals surface area contributed by atoms with Crippen LogP contribution in [0.4, 0.5) is 0 Å². The molecule has 2 aromatic rings. The van der Waals surface area contributed by atoms with Gasteiger partial charge in [0.2, 0.25) is 0 Å². The van der Waals surface area contributed by atoms with Crippen molar-refractivity contribution in [1.82, 2.24) is 10.2 Å². The topological polar surface area (TPSA) is 52.6 Å². The fraction of sp³-hybridized carbons (Fsp3) is 0.381. The first-order chi connectivity index (χ1) is 12.2. The van der Waals surface area contributed by atoms with E-state index in [0.717, 1.165) is 25.9 Å². The highest BCUT2D eigenvalue weighted by Gasteiger charge is 2.18. The molecule has 2 N–H and O–H groups in total. The maximum atomic E-state index is 12.2. The second kappa shape index (κ2) is 8.28. The number of nitrogens with one attached hydrogen (secondary N) is 1. The molecule has 1 aliphatic rings. The fourth-order valence-corrected chi connectivity index (χ4v) is 3.28. The molecule has 1 unspecified atom stereocenters. The Balaban J connectivity index is 1.46. The predicted molar refractivity (Wildman–Crippen MR) is 99.6 cm³/mol. The third kappa shape index (κ3) is 4.68. The summed E-state index contributed by atoms with van der Waals surface area (Å²) in [6.07, 6.45) is 1.41. The van der Waals surface area contributed by atoms with Crippen LogP contribution in [-0.4, -0.2) is 41.7 Å². The van der Waals surface area contributed by atoms with Gasteiger partial charge in [0.15, 0.2) is 0 Å². The van der Waals surface area contributed by atoms with E-state index in [1.807, 2.05) is 24.3 Å². The van der Waals surface area contributed by atoms with Crippen molar-refractivity contribution in [2.24, 2.45) is 0 Å². The first-order valence-electron chi connectivity index (χ1n) is 9.00. The second-order valence-corrected chi connectivity index (χ2v) is 6.67. The van der Waals surface area contributed by atoms with Gasteiger partial charge in [0.25, 0.3) is 5.91 Å². The number of β-amino-alcohol motifs (C(OH)–C–C–N with tert-alkyl or cyclic N) is 1. The highest BCUT2D eigenvalue weighted by molar-refractivity contribution is 5.94. The Hall–Kier alpha value is -2.17. The number of aliphatic hydroxyl groups excluding tert-OH is 1. The third-order valence-corrected chi connectivity index (χ3v) is 4.80. The van der Waals surface area contributed by atoms with Crippen LogP contribution in [0, 0.1) is 0 Å². The summed E-state index contributed by atoms with van der Waals surface area (Å²) in [5, 5.41) is 13.1. The summed E-state index contributed by atoms with van der Waals surface area (Å²) in [5.74, 6) is -0.134. The maximum absolute atomic E-state index is 12.2. The Kier molecular flexibility index (Phi) is 5.84. The summed E-state index contributed by atoms with van der Waals surface area (Å²) in [7, 11) is 0. The Morgan fingerprint density at radius 1 is 1.16 bits per heavy atom. The van der Waals surface area contributed by atoms with Crippen molar-refractivity contribution >= 4 is 5.91 Å². The number of carbonyl (C=O) groups is 1. The molecular formula is C21H26N2O2. The molecule has 1 heterocycles. The van der Waals surface area contributed by atoms with Gasteiger partial charge in [0.1, 0.15) is 0 Å². The van der Waals surface area contributed by atoms with Gasteiger partial charge in [0.05, 0.1) is 6.10 Å². The van der Waals surface area contributed by atoms with Crippen LogP contribution < -0.4 is 5.32 Å². The lowest BCUT2D eigenvalue weighted by molar-refractivity contribution is 0.0842. The molecule has 0 aliphatic carbocycles. The molecule has 1 atom stereocenters. The number of aryl methyl sites for hydroxylation is 1. The highest BCUT2D eigenvalue weighted by atomic mass is 16.3. The zero-order valence-electron chi connectivity index (χ0n) is 14.7. The number of rotatable bonds is 6. The van der Waals surface area contributed by atoms with Gasteiger partial charge in [-0.25, -0.2) is 0 Å². The minimum Gasteiger partial charge on any atom is -0.390 e. The molecule has 4 heteroatoms. The second-order valence-electron chi connectivity index (χ2n) is 6.67. The van der Waals surface area contributed by atoms with E-state index in [1.54, 1.807) is 0 Å². The summed E-state index contributed by atoms with van der Waals surface area (Å²) in [4.78, 5) is 14.4. The number of hydrogen-bond acceptors (Lipinski definition) is 3. The monoisotopic (exact) mass is 338 g/mol. The minimum atomic E-state index is -0.566. The molecule has 3 rings (SSSR count). The number of fused-ring (bicyclic) bond motifs is 1. The molecule has 25 heavy (non-hydrogen) atoms. The molecule has 2 aromatic carbocycles. The van der Waals surface area contributed by atoms with Crippen LogP contribution in [0.1, 0.15) is 34.0 Å². The first kappa shape index (κ1) is 17.6. The van der Waals surface area contributed by atoms with Crippen LogP contribution in [0.3, 0.4) is 0 Å². The molecule has 0 saturated carbocycles. The standard InChI is InChI=1S/C21H26N2O2/c1-2-16-7-9-18(10-8-16)21(25)22-13-20(24)15-23-12-11-17-5-3-4-6-19(17)14-23/h3-10,20,24H,2,11-15H2,1H3,(H,22,25). The fourth-order valence-electron chi connectivity index (χ4n) is 3.28. The molecule has 0 spiro atoms. The van der Waals surface area contributed by atoms with E-state index in [9.17, 15) is 9.90 Å². The van der Waals surface area contributed by atoms with Crippen molar-refractivity contribution in [2.45, 2.75) is 32.4 Å². The number of carbonyl (C=O) groups excluding carboxylic acids is 1. The van der Waals surface area contributed by atoms with E-state index in [-0.39, 0.29) is 12.5 Å². The van der Waals surface area contributed by atoms with E-state index in [0.29, 0.717) is 12.1 Å². The van der Waals surface area contributed by atoms with Crippen molar-refractivity contribution in [3.63, 3.8) is 0 Å². The Labute approximate surface area is 149 Å². The van der Waals surface area contributed by atoms with Crippen molar-refractivity contribution in [2.75, 3.05) is 19.6 Å². The molecule has 4 nitrogen and oxygen atoms in total. The Morgan fingerprint density at radius 3 is 2.60 bits per heavy atom. The summed E-state index contributed by atoms with van der Waals surface area (Å²) < 4.78 is 0. The lowest BCUT2D eigenvalue weighted by atomic mass is 10.00. The molecule has 0 saturated heterocycles. The normalized spacial score (nSPS) is 15.4. The predicted octanol–water partition coefficient (Wildman–Crippen LogP) is 2.40. The number of hydrogen-bond donors (Lipinski definition) is 2. The number of aliphatic hydroxyl groups is 1. The van der Waals surface area contributed by atoms with Gasteiger partial charge in [-0.1, -0.05) is 43.3 Å². The molecule has 0 bridgehead atoms. The Bertz CT molecular complexity index is 712. The van der Waals surface area contributed by atoms with Gasteiger partial charge in [-0.3, -0.25) is 9.69 Å². The molecular weight excluding hydrogens is 312 g/mol. The van der Waals surface area contributed by atoms with Crippen LogP contribution in [0.5, 0.6) is 0 Å². The maximum Gasteiger partial charge on any atom is 0.251 e. The van der Waals surface area contributed by atoms with Gasteiger partial charge in [0, 0.05) is 31.7 Å². The van der Waals surface area contributed by atoms with Crippen LogP contribution in [0.15, 0.2) is 48.5 Å². The Morgan fingerprint density at radius 2 is 1.88 bits per heavy atom. The van der Waals surface area contributed by atoms with Crippen molar-refractivity contribution in [1.29, 1.82) is 0 Å². The van der Waals surface area contributed by atoms with Gasteiger partial charge in [-0.15, -0.1) is 0 Å². The van der Waals surface area contributed by atoms with E-state index in [1.165, 1.54) is 16.7 Å². The largest absolute Gasteiger partial charge is 0.390 e.